The maximum atomic E-state index is 12.8. The summed E-state index contributed by atoms with van der Waals surface area (Å²) >= 11 is 0. The van der Waals surface area contributed by atoms with Gasteiger partial charge in [-0.2, -0.15) is 0 Å². The van der Waals surface area contributed by atoms with Crippen molar-refractivity contribution in [1.29, 1.82) is 0 Å². The van der Waals surface area contributed by atoms with E-state index in [1.807, 2.05) is 19.0 Å². The van der Waals surface area contributed by atoms with Crippen molar-refractivity contribution >= 4 is 23.9 Å². The van der Waals surface area contributed by atoms with Crippen molar-refractivity contribution in [2.45, 2.75) is 251 Å². The Bertz CT molecular complexity index is 909. The molecule has 0 aliphatic carbocycles. The second kappa shape index (κ2) is 39.7. The van der Waals surface area contributed by atoms with Crippen molar-refractivity contribution in [3.8, 4) is 0 Å². The first-order chi connectivity index (χ1) is 27.1. The SMILES string of the molecule is CCCCCCCCC(CCCCCCCC)OC(=O)CCC(=O)OCC(CN(C)C)OC(=O)CCC(=O)OC(CCCCCCCC)CCCCCCCC. The van der Waals surface area contributed by atoms with E-state index in [1.54, 1.807) is 0 Å². The molecule has 1 atom stereocenters. The molecule has 330 valence electrons. The highest BCUT2D eigenvalue weighted by Gasteiger charge is 2.22. The first kappa shape index (κ1) is 53.8. The molecule has 56 heavy (non-hydrogen) atoms. The zero-order valence-electron chi connectivity index (χ0n) is 37.5. The molecule has 0 aliphatic rings. The van der Waals surface area contributed by atoms with Gasteiger partial charge in [-0.25, -0.2) is 0 Å². The highest BCUT2D eigenvalue weighted by Crippen LogP contribution is 2.20. The number of hydrogen-bond acceptors (Lipinski definition) is 9. The molecule has 0 aromatic heterocycles. The smallest absolute Gasteiger partial charge is 0.306 e. The van der Waals surface area contributed by atoms with Crippen molar-refractivity contribution in [2.24, 2.45) is 0 Å². The number of carbonyl (C=O) groups is 4. The van der Waals surface area contributed by atoms with Crippen LogP contribution in [0.15, 0.2) is 0 Å². The van der Waals surface area contributed by atoms with E-state index in [2.05, 4.69) is 27.7 Å². The molecule has 1 unspecified atom stereocenters. The van der Waals surface area contributed by atoms with Crippen molar-refractivity contribution < 1.29 is 38.1 Å². The average molecular weight is 796 g/mol. The van der Waals surface area contributed by atoms with Crippen LogP contribution in [0.5, 0.6) is 0 Å². The minimum Gasteiger partial charge on any atom is -0.462 e. The number of likely N-dealkylation sites (N-methyl/N-ethyl adjacent to an activating group) is 1. The van der Waals surface area contributed by atoms with Gasteiger partial charge in [-0.1, -0.05) is 156 Å². The lowest BCUT2D eigenvalue weighted by Gasteiger charge is -2.22. The second-order valence-corrected chi connectivity index (χ2v) is 16.5. The number of unbranched alkanes of at least 4 members (excludes halogenated alkanes) is 20. The fourth-order valence-electron chi connectivity index (χ4n) is 7.07. The third kappa shape index (κ3) is 36.2. The van der Waals surface area contributed by atoms with Gasteiger partial charge in [-0.3, -0.25) is 19.2 Å². The van der Waals surface area contributed by atoms with Gasteiger partial charge in [0.15, 0.2) is 0 Å². The lowest BCUT2D eigenvalue weighted by molar-refractivity contribution is -0.163. The molecule has 0 fully saturated rings. The van der Waals surface area contributed by atoms with Crippen molar-refractivity contribution in [1.82, 2.24) is 4.90 Å². The zero-order valence-corrected chi connectivity index (χ0v) is 37.5. The van der Waals surface area contributed by atoms with E-state index in [9.17, 15) is 19.2 Å². The lowest BCUT2D eigenvalue weighted by Crippen LogP contribution is -2.35. The molecule has 0 radical (unpaired) electrons. The van der Waals surface area contributed by atoms with Crippen LogP contribution >= 0.6 is 0 Å². The summed E-state index contributed by atoms with van der Waals surface area (Å²) in [5, 5.41) is 0. The molecule has 0 N–H and O–H groups in total. The third-order valence-corrected chi connectivity index (χ3v) is 10.5. The van der Waals surface area contributed by atoms with Crippen LogP contribution in [0.25, 0.3) is 0 Å². The first-order valence-corrected chi connectivity index (χ1v) is 23.5. The summed E-state index contributed by atoms with van der Waals surface area (Å²) in [7, 11) is 3.69. The molecule has 0 amide bonds. The topological polar surface area (TPSA) is 108 Å². The zero-order chi connectivity index (χ0) is 41.5. The third-order valence-electron chi connectivity index (χ3n) is 10.5. The van der Waals surface area contributed by atoms with Crippen LogP contribution < -0.4 is 0 Å². The van der Waals surface area contributed by atoms with E-state index in [4.69, 9.17) is 18.9 Å². The molecular formula is C47H89NO8. The van der Waals surface area contributed by atoms with Gasteiger partial charge >= 0.3 is 23.9 Å². The standard InChI is InChI=1S/C47H89NO8/c1-7-11-15-19-23-27-31-41(32-28-24-20-16-12-8-2)54-45(50)36-35-44(49)53-40-43(39-48(5)6)56-47(52)38-37-46(51)55-42(33-29-25-21-17-13-9-3)34-30-26-22-18-14-10-4/h41-43H,7-40H2,1-6H3. The minimum absolute atomic E-state index is 0.0404. The van der Waals surface area contributed by atoms with E-state index >= 15 is 0 Å². The molecule has 0 aliphatic heterocycles. The van der Waals surface area contributed by atoms with Crippen molar-refractivity contribution in [3.05, 3.63) is 0 Å². The Labute approximate surface area is 344 Å². The van der Waals surface area contributed by atoms with Gasteiger partial charge in [0.1, 0.15) is 24.9 Å². The van der Waals surface area contributed by atoms with E-state index in [0.717, 1.165) is 77.0 Å². The normalized spacial score (nSPS) is 12.0. The van der Waals surface area contributed by atoms with Crippen molar-refractivity contribution in [3.63, 3.8) is 0 Å². The summed E-state index contributed by atoms with van der Waals surface area (Å²) in [6, 6.07) is 0. The van der Waals surface area contributed by atoms with Crippen LogP contribution in [0.1, 0.15) is 233 Å². The van der Waals surface area contributed by atoms with Crippen LogP contribution in [0.4, 0.5) is 0 Å². The summed E-state index contributed by atoms with van der Waals surface area (Å²) in [6.07, 6.45) is 30.9. The molecule has 0 saturated heterocycles. The van der Waals surface area contributed by atoms with Crippen LogP contribution in [-0.2, 0) is 38.1 Å². The summed E-state index contributed by atoms with van der Waals surface area (Å²) in [6.45, 7) is 9.09. The number of ether oxygens (including phenoxy) is 4. The molecule has 9 nitrogen and oxygen atoms in total. The van der Waals surface area contributed by atoms with Crippen molar-refractivity contribution in [2.75, 3.05) is 27.2 Å². The quantitative estimate of drug-likeness (QED) is 0.0339. The molecule has 9 heteroatoms. The molecule has 0 rings (SSSR count). The van der Waals surface area contributed by atoms with Gasteiger partial charge in [0.25, 0.3) is 0 Å². The van der Waals surface area contributed by atoms with E-state index in [-0.39, 0.29) is 56.4 Å². The predicted octanol–water partition coefficient (Wildman–Crippen LogP) is 12.4. The molecule has 0 bridgehead atoms. The Hall–Kier alpha value is -2.16. The van der Waals surface area contributed by atoms with Gasteiger partial charge in [-0.05, 0) is 65.5 Å². The number of hydrogen-bond donors (Lipinski definition) is 0. The Kier molecular flexibility index (Phi) is 38.1. The maximum absolute atomic E-state index is 12.8. The van der Waals surface area contributed by atoms with Gasteiger partial charge in [0.05, 0.1) is 25.7 Å². The molecule has 0 aromatic carbocycles. The van der Waals surface area contributed by atoms with Gasteiger partial charge in [0.2, 0.25) is 0 Å². The molecule has 0 spiro atoms. The lowest BCUT2D eigenvalue weighted by atomic mass is 10.0. The monoisotopic (exact) mass is 796 g/mol. The fourth-order valence-corrected chi connectivity index (χ4v) is 7.07. The van der Waals surface area contributed by atoms with Crippen LogP contribution in [0.3, 0.4) is 0 Å². The number of carbonyl (C=O) groups excluding carboxylic acids is 4. The molecule has 0 heterocycles. The molecular weight excluding hydrogens is 707 g/mol. The Morgan fingerprint density at radius 3 is 0.946 bits per heavy atom. The van der Waals surface area contributed by atoms with Gasteiger partial charge in [-0.15, -0.1) is 0 Å². The Morgan fingerprint density at radius 1 is 0.375 bits per heavy atom. The summed E-state index contributed by atoms with van der Waals surface area (Å²) in [4.78, 5) is 52.9. The molecule has 0 saturated carbocycles. The Balaban J connectivity index is 4.82. The van der Waals surface area contributed by atoms with Gasteiger partial charge in [0, 0.05) is 6.54 Å². The molecule has 0 aromatic rings. The minimum atomic E-state index is -0.698. The van der Waals surface area contributed by atoms with Crippen LogP contribution in [0, 0.1) is 0 Å². The highest BCUT2D eigenvalue weighted by molar-refractivity contribution is 5.78. The largest absolute Gasteiger partial charge is 0.462 e. The van der Waals surface area contributed by atoms with E-state index < -0.39 is 18.0 Å². The van der Waals surface area contributed by atoms with E-state index in [0.29, 0.717) is 6.54 Å². The second-order valence-electron chi connectivity index (χ2n) is 16.5. The maximum Gasteiger partial charge on any atom is 0.306 e. The number of esters is 4. The van der Waals surface area contributed by atoms with E-state index in [1.165, 1.54) is 103 Å². The summed E-state index contributed by atoms with van der Waals surface area (Å²) in [5.74, 6) is -1.80. The van der Waals surface area contributed by atoms with Crippen LogP contribution in [-0.4, -0.2) is 74.3 Å². The van der Waals surface area contributed by atoms with Crippen LogP contribution in [0.2, 0.25) is 0 Å². The number of nitrogens with zero attached hydrogens (tertiary/aromatic N) is 1. The Morgan fingerprint density at radius 2 is 0.643 bits per heavy atom. The van der Waals surface area contributed by atoms with Gasteiger partial charge < -0.3 is 23.8 Å². The summed E-state index contributed by atoms with van der Waals surface area (Å²) < 4.78 is 22.9. The number of rotatable bonds is 41. The fraction of sp³-hybridized carbons (Fsp3) is 0.915. The first-order valence-electron chi connectivity index (χ1n) is 23.5. The highest BCUT2D eigenvalue weighted by atomic mass is 16.6. The predicted molar refractivity (Wildman–Crippen MR) is 230 cm³/mol. The summed E-state index contributed by atoms with van der Waals surface area (Å²) in [5.41, 5.74) is 0. The average Bonchev–Trinajstić information content (AvgIpc) is 3.17.